The molecule has 0 aromatic heterocycles. The highest BCUT2D eigenvalue weighted by Crippen LogP contribution is 2.32. The lowest BCUT2D eigenvalue weighted by atomic mass is 9.80. The van der Waals surface area contributed by atoms with E-state index in [2.05, 4.69) is 19.2 Å². The van der Waals surface area contributed by atoms with E-state index in [-0.39, 0.29) is 5.75 Å². The standard InChI is InChI=1S/C15H21Cl2NO/c1-9-3-10(2)5-13(4-9)18-8-11-6-12(16)7-14(17)15(11)19/h6-7,9-10,13,18-19H,3-5,8H2,1-2H3. The number of hydrogen-bond donors (Lipinski definition) is 2. The summed E-state index contributed by atoms with van der Waals surface area (Å²) < 4.78 is 0. The van der Waals surface area contributed by atoms with E-state index in [0.29, 0.717) is 22.6 Å². The molecule has 0 radical (unpaired) electrons. The number of nitrogens with one attached hydrogen (secondary N) is 1. The van der Waals surface area contributed by atoms with Crippen LogP contribution in [0.15, 0.2) is 12.1 Å². The molecule has 1 fully saturated rings. The summed E-state index contributed by atoms with van der Waals surface area (Å²) in [5.74, 6) is 1.66. The summed E-state index contributed by atoms with van der Waals surface area (Å²) in [4.78, 5) is 0. The van der Waals surface area contributed by atoms with Crippen LogP contribution in [0.5, 0.6) is 5.75 Å². The van der Waals surface area contributed by atoms with Gasteiger partial charge in [-0.2, -0.15) is 0 Å². The van der Waals surface area contributed by atoms with Gasteiger partial charge >= 0.3 is 0 Å². The van der Waals surface area contributed by atoms with Gasteiger partial charge in [0.15, 0.2) is 0 Å². The van der Waals surface area contributed by atoms with Gasteiger partial charge in [0.25, 0.3) is 0 Å². The molecule has 0 aliphatic heterocycles. The van der Waals surface area contributed by atoms with Crippen molar-refractivity contribution in [1.82, 2.24) is 5.32 Å². The molecule has 19 heavy (non-hydrogen) atoms. The van der Waals surface area contributed by atoms with E-state index >= 15 is 0 Å². The van der Waals surface area contributed by atoms with Gasteiger partial charge in [-0.15, -0.1) is 0 Å². The van der Waals surface area contributed by atoms with Crippen LogP contribution in [0.1, 0.15) is 38.7 Å². The second kappa shape index (κ2) is 6.34. The number of halogens is 2. The van der Waals surface area contributed by atoms with Gasteiger partial charge in [-0.05, 0) is 43.2 Å². The summed E-state index contributed by atoms with van der Waals surface area (Å²) in [5.41, 5.74) is 0.767. The fraction of sp³-hybridized carbons (Fsp3) is 0.600. The number of phenols is 1. The number of rotatable bonds is 3. The quantitative estimate of drug-likeness (QED) is 0.854. The minimum Gasteiger partial charge on any atom is -0.506 e. The smallest absolute Gasteiger partial charge is 0.138 e. The Balaban J connectivity index is 1.99. The molecule has 1 saturated carbocycles. The van der Waals surface area contributed by atoms with Crippen molar-refractivity contribution in [2.45, 2.75) is 45.7 Å². The second-order valence-corrected chi connectivity index (χ2v) is 6.73. The molecule has 0 bridgehead atoms. The molecule has 2 rings (SSSR count). The molecular weight excluding hydrogens is 281 g/mol. The Bertz CT molecular complexity index is 440. The van der Waals surface area contributed by atoms with Crippen LogP contribution in [-0.2, 0) is 6.54 Å². The maximum atomic E-state index is 9.92. The minimum atomic E-state index is 0.135. The molecule has 2 atom stereocenters. The molecule has 1 aliphatic carbocycles. The maximum Gasteiger partial charge on any atom is 0.138 e. The molecule has 1 aromatic carbocycles. The van der Waals surface area contributed by atoms with Crippen molar-refractivity contribution in [3.8, 4) is 5.75 Å². The van der Waals surface area contributed by atoms with Crippen LogP contribution in [0.2, 0.25) is 10.0 Å². The lowest BCUT2D eigenvalue weighted by Crippen LogP contribution is -2.35. The van der Waals surface area contributed by atoms with E-state index in [1.165, 1.54) is 19.3 Å². The van der Waals surface area contributed by atoms with E-state index < -0.39 is 0 Å². The van der Waals surface area contributed by atoms with E-state index in [9.17, 15) is 5.11 Å². The normalized spacial score (nSPS) is 27.5. The van der Waals surface area contributed by atoms with Crippen molar-refractivity contribution in [2.75, 3.05) is 0 Å². The molecule has 0 saturated heterocycles. The number of aromatic hydroxyl groups is 1. The lowest BCUT2D eigenvalue weighted by molar-refractivity contribution is 0.237. The Morgan fingerprint density at radius 3 is 2.42 bits per heavy atom. The van der Waals surface area contributed by atoms with Crippen LogP contribution < -0.4 is 5.32 Å². The van der Waals surface area contributed by atoms with Gasteiger partial charge in [-0.25, -0.2) is 0 Å². The van der Waals surface area contributed by atoms with Gasteiger partial charge in [0, 0.05) is 23.2 Å². The zero-order valence-corrected chi connectivity index (χ0v) is 12.9. The first-order valence-corrected chi connectivity index (χ1v) is 7.61. The Hall–Kier alpha value is -0.440. The molecule has 2 unspecified atom stereocenters. The van der Waals surface area contributed by atoms with Crippen molar-refractivity contribution in [2.24, 2.45) is 11.8 Å². The topological polar surface area (TPSA) is 32.3 Å². The SMILES string of the molecule is CC1CC(C)CC(NCc2cc(Cl)cc(Cl)c2O)C1. The van der Waals surface area contributed by atoms with Crippen LogP contribution in [0.25, 0.3) is 0 Å². The lowest BCUT2D eigenvalue weighted by Gasteiger charge is -2.32. The van der Waals surface area contributed by atoms with Crippen LogP contribution in [0.3, 0.4) is 0 Å². The Labute approximate surface area is 125 Å². The first-order chi connectivity index (χ1) is 8.95. The number of phenolic OH excluding ortho intramolecular Hbond substituents is 1. The van der Waals surface area contributed by atoms with Crippen molar-refractivity contribution in [3.05, 3.63) is 27.7 Å². The molecule has 0 heterocycles. The van der Waals surface area contributed by atoms with Gasteiger partial charge in [0.1, 0.15) is 5.75 Å². The van der Waals surface area contributed by atoms with E-state index in [1.807, 2.05) is 0 Å². The van der Waals surface area contributed by atoms with Crippen molar-refractivity contribution >= 4 is 23.2 Å². The summed E-state index contributed by atoms with van der Waals surface area (Å²) in [6, 6.07) is 3.84. The molecule has 1 aromatic rings. The van der Waals surface area contributed by atoms with Gasteiger partial charge in [-0.3, -0.25) is 0 Å². The van der Waals surface area contributed by atoms with Crippen LogP contribution in [0.4, 0.5) is 0 Å². The average Bonchev–Trinajstić information content (AvgIpc) is 2.30. The summed E-state index contributed by atoms with van der Waals surface area (Å²) in [5, 5.41) is 14.3. The van der Waals surface area contributed by atoms with E-state index in [1.54, 1.807) is 12.1 Å². The minimum absolute atomic E-state index is 0.135. The second-order valence-electron chi connectivity index (χ2n) is 5.89. The zero-order chi connectivity index (χ0) is 14.0. The van der Waals surface area contributed by atoms with Gasteiger partial charge in [-0.1, -0.05) is 37.0 Å². The van der Waals surface area contributed by atoms with Gasteiger partial charge < -0.3 is 10.4 Å². The Morgan fingerprint density at radius 1 is 1.16 bits per heavy atom. The van der Waals surface area contributed by atoms with Crippen LogP contribution in [-0.4, -0.2) is 11.1 Å². The van der Waals surface area contributed by atoms with Crippen molar-refractivity contribution in [3.63, 3.8) is 0 Å². The highest BCUT2D eigenvalue weighted by molar-refractivity contribution is 6.35. The molecule has 4 heteroatoms. The van der Waals surface area contributed by atoms with E-state index in [0.717, 1.165) is 17.4 Å². The Morgan fingerprint density at radius 2 is 1.79 bits per heavy atom. The van der Waals surface area contributed by atoms with Crippen molar-refractivity contribution in [1.29, 1.82) is 0 Å². The largest absolute Gasteiger partial charge is 0.506 e. The molecule has 2 N–H and O–H groups in total. The van der Waals surface area contributed by atoms with Crippen LogP contribution in [0, 0.1) is 11.8 Å². The maximum absolute atomic E-state index is 9.92. The average molecular weight is 302 g/mol. The zero-order valence-electron chi connectivity index (χ0n) is 11.4. The fourth-order valence-corrected chi connectivity index (χ4v) is 3.66. The molecule has 0 spiro atoms. The highest BCUT2D eigenvalue weighted by atomic mass is 35.5. The third kappa shape index (κ3) is 4.01. The first kappa shape index (κ1) is 15.0. The third-order valence-corrected chi connectivity index (χ3v) is 4.37. The van der Waals surface area contributed by atoms with Gasteiger partial charge in [0.05, 0.1) is 5.02 Å². The third-order valence-electron chi connectivity index (χ3n) is 3.87. The first-order valence-electron chi connectivity index (χ1n) is 6.86. The summed E-state index contributed by atoms with van der Waals surface area (Å²) in [6.07, 6.45) is 3.70. The molecule has 106 valence electrons. The predicted molar refractivity (Wildman–Crippen MR) is 80.9 cm³/mol. The molecule has 0 amide bonds. The summed E-state index contributed by atoms with van der Waals surface area (Å²) in [7, 11) is 0. The van der Waals surface area contributed by atoms with Gasteiger partial charge in [0.2, 0.25) is 0 Å². The Kier molecular flexibility index (Phi) is 4.99. The molecule has 2 nitrogen and oxygen atoms in total. The van der Waals surface area contributed by atoms with Crippen LogP contribution >= 0.6 is 23.2 Å². The predicted octanol–water partition coefficient (Wildman–Crippen LogP) is 4.61. The van der Waals surface area contributed by atoms with Crippen molar-refractivity contribution < 1.29 is 5.11 Å². The number of hydrogen-bond acceptors (Lipinski definition) is 2. The monoisotopic (exact) mass is 301 g/mol. The fourth-order valence-electron chi connectivity index (χ4n) is 3.12. The summed E-state index contributed by atoms with van der Waals surface area (Å²) in [6.45, 7) is 5.21. The van der Waals surface area contributed by atoms with E-state index in [4.69, 9.17) is 23.2 Å². The summed E-state index contributed by atoms with van der Waals surface area (Å²) >= 11 is 11.9. The molecular formula is C15H21Cl2NO. The molecule has 1 aliphatic rings. The number of benzene rings is 1. The highest BCUT2D eigenvalue weighted by Gasteiger charge is 2.23.